The third-order valence-electron chi connectivity index (χ3n) is 5.07. The van der Waals surface area contributed by atoms with Crippen molar-refractivity contribution in [2.24, 2.45) is 0 Å². The molecule has 0 spiro atoms. The van der Waals surface area contributed by atoms with Crippen molar-refractivity contribution < 1.29 is 24.0 Å². The van der Waals surface area contributed by atoms with Crippen LogP contribution in [0, 0.1) is 18.3 Å². The van der Waals surface area contributed by atoms with E-state index < -0.39 is 11.9 Å². The number of carbonyl (C=O) groups excluding carboxylic acids is 1. The second-order valence-electron chi connectivity index (χ2n) is 7.03. The highest BCUT2D eigenvalue weighted by Gasteiger charge is 2.22. The molecule has 0 bridgehead atoms. The van der Waals surface area contributed by atoms with Crippen LogP contribution in [0.5, 0.6) is 5.75 Å². The number of aryl methyl sites for hydroxylation is 1. The molecular weight excluding hydrogens is 410 g/mol. The molecule has 0 saturated carbocycles. The van der Waals surface area contributed by atoms with Crippen LogP contribution in [-0.4, -0.2) is 29.2 Å². The molecular formula is C24H17N3O5. The van der Waals surface area contributed by atoms with Crippen LogP contribution in [0.25, 0.3) is 22.1 Å². The summed E-state index contributed by atoms with van der Waals surface area (Å²) in [5.41, 5.74) is 3.08. The molecule has 8 nitrogen and oxygen atoms in total. The minimum Gasteiger partial charge on any atom is -0.496 e. The van der Waals surface area contributed by atoms with Crippen LogP contribution in [0.2, 0.25) is 0 Å². The number of benzene rings is 3. The number of fused-ring (bicyclic) bond motifs is 1. The second kappa shape index (κ2) is 8.24. The zero-order valence-corrected chi connectivity index (χ0v) is 17.2. The first kappa shape index (κ1) is 20.6. The fourth-order valence-corrected chi connectivity index (χ4v) is 3.47. The Bertz CT molecular complexity index is 1420. The standard InChI is InChI=1S/C24H17N3O5/c1-13-5-3-4-6-15(13)16-10-18-21(11-20(16)31-2)32-27-22(18)23(28)26-19-8-7-14(12-25)9-17(19)24(29)30/h3-11H,1-2H3,(H,26,28)(H,29,30). The fraction of sp³-hybridized carbons (Fsp3) is 0.0833. The molecule has 0 aliphatic heterocycles. The highest BCUT2D eigenvalue weighted by Crippen LogP contribution is 2.37. The number of anilines is 1. The maximum absolute atomic E-state index is 13.0. The van der Waals surface area contributed by atoms with Gasteiger partial charge in [-0.25, -0.2) is 4.79 Å². The molecule has 0 unspecified atom stereocenters. The number of nitriles is 1. The van der Waals surface area contributed by atoms with E-state index in [1.807, 2.05) is 37.3 Å². The lowest BCUT2D eigenvalue weighted by Gasteiger charge is -2.11. The Kier molecular flexibility index (Phi) is 5.31. The maximum Gasteiger partial charge on any atom is 0.337 e. The van der Waals surface area contributed by atoms with E-state index >= 15 is 0 Å². The van der Waals surface area contributed by atoms with Crippen molar-refractivity contribution in [3.8, 4) is 22.9 Å². The summed E-state index contributed by atoms with van der Waals surface area (Å²) in [4.78, 5) is 24.5. The van der Waals surface area contributed by atoms with E-state index in [-0.39, 0.29) is 22.5 Å². The number of hydrogen-bond donors (Lipinski definition) is 2. The number of aromatic carboxylic acids is 1. The maximum atomic E-state index is 13.0. The first-order valence-corrected chi connectivity index (χ1v) is 9.55. The SMILES string of the molecule is COc1cc2onc(C(=O)Nc3ccc(C#N)cc3C(=O)O)c2cc1-c1ccccc1C. The molecule has 0 fully saturated rings. The fourth-order valence-electron chi connectivity index (χ4n) is 3.47. The van der Waals surface area contributed by atoms with Crippen LogP contribution < -0.4 is 10.1 Å². The van der Waals surface area contributed by atoms with E-state index in [9.17, 15) is 14.7 Å². The first-order valence-electron chi connectivity index (χ1n) is 9.55. The molecule has 2 N–H and O–H groups in total. The monoisotopic (exact) mass is 427 g/mol. The van der Waals surface area contributed by atoms with Gasteiger partial charge in [0.05, 0.1) is 35.4 Å². The van der Waals surface area contributed by atoms with Crippen LogP contribution in [0.15, 0.2) is 59.1 Å². The van der Waals surface area contributed by atoms with Gasteiger partial charge in [-0.05, 0) is 42.3 Å². The molecule has 32 heavy (non-hydrogen) atoms. The number of carbonyl (C=O) groups is 2. The van der Waals surface area contributed by atoms with E-state index in [1.165, 1.54) is 18.2 Å². The minimum atomic E-state index is -1.27. The van der Waals surface area contributed by atoms with Crippen LogP contribution in [0.3, 0.4) is 0 Å². The number of rotatable bonds is 5. The number of carboxylic acids is 1. The number of aromatic nitrogens is 1. The minimum absolute atomic E-state index is 0.00168. The van der Waals surface area contributed by atoms with E-state index in [0.717, 1.165) is 16.7 Å². The summed E-state index contributed by atoms with van der Waals surface area (Å²) in [6.45, 7) is 1.97. The Morgan fingerprint density at radius 3 is 2.59 bits per heavy atom. The zero-order chi connectivity index (χ0) is 22.8. The quantitative estimate of drug-likeness (QED) is 0.475. The van der Waals surface area contributed by atoms with Crippen molar-refractivity contribution in [2.75, 3.05) is 12.4 Å². The summed E-state index contributed by atoms with van der Waals surface area (Å²) < 4.78 is 10.8. The van der Waals surface area contributed by atoms with Gasteiger partial charge < -0.3 is 19.7 Å². The van der Waals surface area contributed by atoms with E-state index in [1.54, 1.807) is 19.2 Å². The van der Waals surface area contributed by atoms with Gasteiger partial charge in [-0.15, -0.1) is 0 Å². The Morgan fingerprint density at radius 2 is 1.91 bits per heavy atom. The summed E-state index contributed by atoms with van der Waals surface area (Å²) in [7, 11) is 1.55. The van der Waals surface area contributed by atoms with E-state index in [2.05, 4.69) is 10.5 Å². The normalized spacial score (nSPS) is 10.5. The van der Waals surface area contributed by atoms with Gasteiger partial charge >= 0.3 is 5.97 Å². The summed E-state index contributed by atoms with van der Waals surface area (Å²) in [6, 6.07) is 17.0. The number of hydrogen-bond acceptors (Lipinski definition) is 6. The topological polar surface area (TPSA) is 125 Å². The van der Waals surface area contributed by atoms with Gasteiger partial charge in [-0.2, -0.15) is 5.26 Å². The highest BCUT2D eigenvalue weighted by atomic mass is 16.5. The highest BCUT2D eigenvalue weighted by molar-refractivity contribution is 6.13. The Balaban J connectivity index is 1.78. The van der Waals surface area contributed by atoms with Gasteiger partial charge in [0.15, 0.2) is 11.3 Å². The predicted octanol–water partition coefficient (Wildman–Crippen LogP) is 4.63. The van der Waals surface area contributed by atoms with E-state index in [4.69, 9.17) is 14.5 Å². The van der Waals surface area contributed by atoms with Gasteiger partial charge in [0.2, 0.25) is 0 Å². The van der Waals surface area contributed by atoms with Crippen molar-refractivity contribution in [3.05, 3.63) is 77.0 Å². The summed E-state index contributed by atoms with van der Waals surface area (Å²) >= 11 is 0. The number of amides is 1. The lowest BCUT2D eigenvalue weighted by Crippen LogP contribution is -2.15. The van der Waals surface area contributed by atoms with Crippen molar-refractivity contribution in [1.29, 1.82) is 5.26 Å². The summed E-state index contributed by atoms with van der Waals surface area (Å²) in [5, 5.41) is 25.3. The first-order chi connectivity index (χ1) is 15.4. The van der Waals surface area contributed by atoms with Gasteiger partial charge in [0, 0.05) is 11.6 Å². The molecule has 4 aromatic rings. The molecule has 1 aromatic heterocycles. The number of methoxy groups -OCH3 is 1. The summed E-state index contributed by atoms with van der Waals surface area (Å²) in [5.74, 6) is -1.35. The Labute approximate surface area is 182 Å². The van der Waals surface area contributed by atoms with Gasteiger partial charge in [-0.3, -0.25) is 4.79 Å². The predicted molar refractivity (Wildman–Crippen MR) is 117 cm³/mol. The average Bonchev–Trinajstić information content (AvgIpc) is 3.21. The summed E-state index contributed by atoms with van der Waals surface area (Å²) in [6.07, 6.45) is 0. The van der Waals surface area contributed by atoms with Crippen LogP contribution in [-0.2, 0) is 0 Å². The molecule has 4 rings (SSSR count). The molecule has 0 aliphatic carbocycles. The lowest BCUT2D eigenvalue weighted by molar-refractivity contribution is 0.0698. The third-order valence-corrected chi connectivity index (χ3v) is 5.07. The Hall–Kier alpha value is -4.64. The third kappa shape index (κ3) is 3.63. The van der Waals surface area contributed by atoms with E-state index in [0.29, 0.717) is 16.7 Å². The molecule has 0 radical (unpaired) electrons. The smallest absolute Gasteiger partial charge is 0.337 e. The molecule has 0 aliphatic rings. The molecule has 3 aromatic carbocycles. The molecule has 0 saturated heterocycles. The van der Waals surface area contributed by atoms with Gasteiger partial charge in [-0.1, -0.05) is 29.4 Å². The number of nitrogens with zero attached hydrogens (tertiary/aromatic N) is 2. The van der Waals surface area contributed by atoms with Gasteiger partial charge in [0.25, 0.3) is 5.91 Å². The van der Waals surface area contributed by atoms with Crippen LogP contribution >= 0.6 is 0 Å². The van der Waals surface area contributed by atoms with Crippen molar-refractivity contribution in [2.45, 2.75) is 6.92 Å². The lowest BCUT2D eigenvalue weighted by atomic mass is 9.98. The van der Waals surface area contributed by atoms with Crippen molar-refractivity contribution >= 4 is 28.5 Å². The number of nitrogens with one attached hydrogen (secondary N) is 1. The molecule has 0 atom stereocenters. The molecule has 8 heteroatoms. The average molecular weight is 427 g/mol. The largest absolute Gasteiger partial charge is 0.496 e. The van der Waals surface area contributed by atoms with Gasteiger partial charge in [0.1, 0.15) is 5.75 Å². The van der Waals surface area contributed by atoms with Crippen molar-refractivity contribution in [1.82, 2.24) is 5.16 Å². The molecule has 1 amide bonds. The second-order valence-corrected chi connectivity index (χ2v) is 7.03. The van der Waals surface area contributed by atoms with Crippen molar-refractivity contribution in [3.63, 3.8) is 0 Å². The number of carboxylic acid groups (broad SMARTS) is 1. The molecule has 1 heterocycles. The zero-order valence-electron chi connectivity index (χ0n) is 17.2. The van der Waals surface area contributed by atoms with Crippen LogP contribution in [0.4, 0.5) is 5.69 Å². The Morgan fingerprint density at radius 1 is 1.12 bits per heavy atom. The molecule has 158 valence electrons. The van der Waals surface area contributed by atoms with Crippen LogP contribution in [0.1, 0.15) is 32.0 Å². The number of ether oxygens (including phenoxy) is 1.